The third kappa shape index (κ3) is 4.98. The summed E-state index contributed by atoms with van der Waals surface area (Å²) in [5, 5.41) is 11.7. The lowest BCUT2D eigenvalue weighted by Crippen LogP contribution is -2.45. The number of aromatic nitrogens is 2. The summed E-state index contributed by atoms with van der Waals surface area (Å²) in [4.78, 5) is 11.1. The maximum atomic E-state index is 12.2. The Kier molecular flexibility index (Phi) is 5.57. The second-order valence-corrected chi connectivity index (χ2v) is 6.45. The maximum absolute atomic E-state index is 12.2. The molecule has 0 bridgehead atoms. The van der Waals surface area contributed by atoms with Crippen molar-refractivity contribution in [2.75, 3.05) is 0 Å². The van der Waals surface area contributed by atoms with Crippen LogP contribution in [0.15, 0.2) is 17.3 Å². The monoisotopic (exact) mass is 343 g/mol. The topological polar surface area (TPSA) is 101 Å². The van der Waals surface area contributed by atoms with Crippen molar-refractivity contribution in [3.63, 3.8) is 0 Å². The first-order valence-corrected chi connectivity index (χ1v) is 7.80. The molecule has 0 saturated heterocycles. The van der Waals surface area contributed by atoms with Gasteiger partial charge in [-0.05, 0) is 12.0 Å². The first kappa shape index (κ1) is 18.4. The Bertz CT molecular complexity index is 627. The largest absolute Gasteiger partial charge is 0.480 e. The van der Waals surface area contributed by atoms with Gasteiger partial charge >= 0.3 is 12.1 Å². The van der Waals surface area contributed by atoms with Crippen LogP contribution >= 0.6 is 0 Å². The van der Waals surface area contributed by atoms with Gasteiger partial charge in [-0.2, -0.15) is 23.0 Å². The Morgan fingerprint density at radius 1 is 1.50 bits per heavy atom. The van der Waals surface area contributed by atoms with E-state index in [1.807, 2.05) is 4.72 Å². The summed E-state index contributed by atoms with van der Waals surface area (Å²) in [5.74, 6) is -1.86. The van der Waals surface area contributed by atoms with Gasteiger partial charge in [-0.25, -0.2) is 8.42 Å². The number of nitrogens with one attached hydrogen (secondary N) is 1. The molecule has 126 valence electrons. The molecule has 0 unspecified atom stereocenters. The molecular formula is C11H16F3N3O4S. The molecule has 0 aliphatic heterocycles. The maximum Gasteiger partial charge on any atom is 0.408 e. The molecule has 11 heteroatoms. The van der Waals surface area contributed by atoms with Crippen LogP contribution in [0, 0.1) is 5.92 Å². The zero-order valence-electron chi connectivity index (χ0n) is 11.8. The van der Waals surface area contributed by atoms with Gasteiger partial charge in [0, 0.05) is 6.20 Å². The SMILES string of the molecule is CC[C@H](C)[C@@H](NS(=O)(=O)c1ccn(CC(F)(F)F)n1)C(=O)O. The molecule has 2 atom stereocenters. The van der Waals surface area contributed by atoms with E-state index in [-0.39, 0.29) is 0 Å². The molecule has 0 spiro atoms. The third-order valence-electron chi connectivity index (χ3n) is 2.99. The molecule has 1 rings (SSSR count). The number of carboxylic acids is 1. The number of aliphatic carboxylic acids is 1. The van der Waals surface area contributed by atoms with E-state index < -0.39 is 45.7 Å². The van der Waals surface area contributed by atoms with Crippen LogP contribution in [0.25, 0.3) is 0 Å². The second kappa shape index (κ2) is 6.65. The molecule has 0 aromatic carbocycles. The fourth-order valence-corrected chi connectivity index (χ4v) is 2.87. The van der Waals surface area contributed by atoms with Crippen molar-refractivity contribution in [3.8, 4) is 0 Å². The molecule has 2 N–H and O–H groups in total. The van der Waals surface area contributed by atoms with E-state index in [4.69, 9.17) is 5.11 Å². The van der Waals surface area contributed by atoms with Crippen LogP contribution in [0.2, 0.25) is 0 Å². The van der Waals surface area contributed by atoms with E-state index in [9.17, 15) is 26.4 Å². The minimum Gasteiger partial charge on any atom is -0.480 e. The average molecular weight is 343 g/mol. The van der Waals surface area contributed by atoms with E-state index in [0.717, 1.165) is 12.3 Å². The predicted octanol–water partition coefficient (Wildman–Crippen LogP) is 1.22. The van der Waals surface area contributed by atoms with Gasteiger partial charge < -0.3 is 5.11 Å². The summed E-state index contributed by atoms with van der Waals surface area (Å²) in [6.07, 6.45) is -3.27. The molecule has 1 heterocycles. The van der Waals surface area contributed by atoms with Gasteiger partial charge in [0.1, 0.15) is 12.6 Å². The van der Waals surface area contributed by atoms with Crippen LogP contribution in [0.5, 0.6) is 0 Å². The Morgan fingerprint density at radius 2 is 2.09 bits per heavy atom. The number of alkyl halides is 3. The Morgan fingerprint density at radius 3 is 2.55 bits per heavy atom. The van der Waals surface area contributed by atoms with Crippen molar-refractivity contribution in [3.05, 3.63) is 12.3 Å². The van der Waals surface area contributed by atoms with Crippen molar-refractivity contribution in [1.82, 2.24) is 14.5 Å². The zero-order valence-corrected chi connectivity index (χ0v) is 12.6. The molecule has 0 radical (unpaired) electrons. The number of carbonyl (C=O) groups is 1. The first-order valence-electron chi connectivity index (χ1n) is 6.31. The fourth-order valence-electron chi connectivity index (χ4n) is 1.63. The van der Waals surface area contributed by atoms with Crippen LogP contribution in [0.4, 0.5) is 13.2 Å². The number of hydrogen-bond acceptors (Lipinski definition) is 4. The summed E-state index contributed by atoms with van der Waals surface area (Å²) in [6.45, 7) is 1.80. The molecule has 0 saturated carbocycles. The first-order chi connectivity index (χ1) is 9.96. The zero-order chi connectivity index (χ0) is 17.1. The van der Waals surface area contributed by atoms with Gasteiger partial charge in [-0.1, -0.05) is 20.3 Å². The fraction of sp³-hybridized carbons (Fsp3) is 0.636. The number of rotatable bonds is 7. The molecule has 1 aromatic heterocycles. The molecule has 0 aliphatic rings. The van der Waals surface area contributed by atoms with Crippen molar-refractivity contribution in [1.29, 1.82) is 0 Å². The quantitative estimate of drug-likeness (QED) is 0.775. The predicted molar refractivity (Wildman–Crippen MR) is 69.5 cm³/mol. The van der Waals surface area contributed by atoms with Crippen LogP contribution in [0.3, 0.4) is 0 Å². The third-order valence-corrected chi connectivity index (χ3v) is 4.33. The van der Waals surface area contributed by atoms with Crippen LogP contribution < -0.4 is 4.72 Å². The lowest BCUT2D eigenvalue weighted by molar-refractivity contribution is -0.143. The molecule has 7 nitrogen and oxygen atoms in total. The van der Waals surface area contributed by atoms with Gasteiger partial charge in [-0.15, -0.1) is 0 Å². The lowest BCUT2D eigenvalue weighted by Gasteiger charge is -2.19. The number of nitrogens with zero attached hydrogens (tertiary/aromatic N) is 2. The summed E-state index contributed by atoms with van der Waals surface area (Å²) in [6, 6.07) is -0.508. The van der Waals surface area contributed by atoms with Crippen LogP contribution in [-0.4, -0.2) is 41.5 Å². The van der Waals surface area contributed by atoms with E-state index in [1.165, 1.54) is 0 Å². The highest BCUT2D eigenvalue weighted by molar-refractivity contribution is 7.89. The average Bonchev–Trinajstić information content (AvgIpc) is 2.81. The number of hydrogen-bond donors (Lipinski definition) is 2. The Hall–Kier alpha value is -1.62. The highest BCUT2D eigenvalue weighted by atomic mass is 32.2. The summed E-state index contributed by atoms with van der Waals surface area (Å²) >= 11 is 0. The van der Waals surface area contributed by atoms with Crippen molar-refractivity contribution in [2.45, 2.75) is 44.1 Å². The van der Waals surface area contributed by atoms with Gasteiger partial charge in [0.05, 0.1) is 0 Å². The smallest absolute Gasteiger partial charge is 0.408 e. The standard InChI is InChI=1S/C11H16F3N3O4S/c1-3-7(2)9(10(18)19)16-22(20,21)8-4-5-17(15-8)6-11(12,13)14/h4-5,7,9,16H,3,6H2,1-2H3,(H,18,19)/t7-,9+/m0/s1. The van der Waals surface area contributed by atoms with E-state index >= 15 is 0 Å². The van der Waals surface area contributed by atoms with Crippen molar-refractivity contribution >= 4 is 16.0 Å². The Labute approximate surface area is 125 Å². The summed E-state index contributed by atoms with van der Waals surface area (Å²) < 4.78 is 63.0. The number of sulfonamides is 1. The highest BCUT2D eigenvalue weighted by Crippen LogP contribution is 2.18. The van der Waals surface area contributed by atoms with E-state index in [2.05, 4.69) is 5.10 Å². The second-order valence-electron chi connectivity index (χ2n) is 4.79. The highest BCUT2D eigenvalue weighted by Gasteiger charge is 2.32. The van der Waals surface area contributed by atoms with E-state index in [0.29, 0.717) is 11.1 Å². The van der Waals surface area contributed by atoms with Crippen molar-refractivity contribution < 1.29 is 31.5 Å². The molecule has 0 amide bonds. The van der Waals surface area contributed by atoms with Crippen LogP contribution in [0.1, 0.15) is 20.3 Å². The minimum atomic E-state index is -4.54. The minimum absolute atomic E-state index is 0.405. The normalized spacial score (nSPS) is 15.5. The lowest BCUT2D eigenvalue weighted by atomic mass is 10.0. The Balaban J connectivity index is 2.97. The van der Waals surface area contributed by atoms with Gasteiger partial charge in [0.25, 0.3) is 10.0 Å². The molecular weight excluding hydrogens is 327 g/mol. The van der Waals surface area contributed by atoms with E-state index in [1.54, 1.807) is 13.8 Å². The van der Waals surface area contributed by atoms with Gasteiger partial charge in [-0.3, -0.25) is 9.48 Å². The van der Waals surface area contributed by atoms with Crippen molar-refractivity contribution in [2.24, 2.45) is 5.92 Å². The van der Waals surface area contributed by atoms with Gasteiger partial charge in [0.15, 0.2) is 5.03 Å². The summed E-state index contributed by atoms with van der Waals surface area (Å²) in [5.41, 5.74) is 0. The molecule has 0 fully saturated rings. The van der Waals surface area contributed by atoms with Gasteiger partial charge in [0.2, 0.25) is 0 Å². The number of halogens is 3. The molecule has 0 aliphatic carbocycles. The molecule has 1 aromatic rings. The van der Waals surface area contributed by atoms with Crippen LogP contribution in [-0.2, 0) is 21.4 Å². The number of carboxylic acid groups (broad SMARTS) is 1. The molecule has 22 heavy (non-hydrogen) atoms. The summed E-state index contributed by atoms with van der Waals surface area (Å²) in [7, 11) is -4.32.